The first-order chi connectivity index (χ1) is 8.15. The van der Waals surface area contributed by atoms with Crippen molar-refractivity contribution in [3.05, 3.63) is 41.0 Å². The number of rotatable bonds is 4. The van der Waals surface area contributed by atoms with Gasteiger partial charge in [0.2, 0.25) is 0 Å². The number of hydrogen-bond donors (Lipinski definition) is 1. The fourth-order valence-corrected chi connectivity index (χ4v) is 2.08. The van der Waals surface area contributed by atoms with Crippen LogP contribution in [0.4, 0.5) is 0 Å². The number of ether oxygens (including phenoxy) is 1. The zero-order chi connectivity index (χ0) is 12.3. The zero-order valence-electron chi connectivity index (χ0n) is 10.9. The molecule has 0 radical (unpaired) electrons. The third kappa shape index (κ3) is 3.34. The predicted octanol–water partition coefficient (Wildman–Crippen LogP) is 2.85. The van der Waals surface area contributed by atoms with Gasteiger partial charge in [-0.3, -0.25) is 0 Å². The first kappa shape index (κ1) is 12.2. The Kier molecular flexibility index (Phi) is 3.85. The van der Waals surface area contributed by atoms with E-state index in [0.29, 0.717) is 0 Å². The third-order valence-corrected chi connectivity index (χ3v) is 2.98. The molecule has 0 amide bonds. The largest absolute Gasteiger partial charge is 0.488 e. The van der Waals surface area contributed by atoms with Gasteiger partial charge in [-0.1, -0.05) is 29.3 Å². The topological polar surface area (TPSA) is 21.3 Å². The van der Waals surface area contributed by atoms with Crippen LogP contribution in [0.1, 0.15) is 25.0 Å². The minimum atomic E-state index is 0.289. The van der Waals surface area contributed by atoms with Gasteiger partial charge in [0, 0.05) is 19.5 Å². The van der Waals surface area contributed by atoms with E-state index in [1.54, 1.807) is 0 Å². The zero-order valence-corrected chi connectivity index (χ0v) is 10.9. The number of allylic oxidation sites excluding steroid dienone is 1. The summed E-state index contributed by atoms with van der Waals surface area (Å²) in [5, 5.41) is 3.41. The normalized spacial score (nSPS) is 17.5. The first-order valence-electron chi connectivity index (χ1n) is 6.25. The summed E-state index contributed by atoms with van der Waals surface area (Å²) in [6.07, 6.45) is 3.52. The molecule has 0 fully saturated rings. The van der Waals surface area contributed by atoms with Crippen LogP contribution < -0.4 is 10.1 Å². The van der Waals surface area contributed by atoms with Gasteiger partial charge < -0.3 is 10.1 Å². The fraction of sp³-hybridized carbons (Fsp3) is 0.467. The highest BCUT2D eigenvalue weighted by Gasteiger charge is 2.21. The second-order valence-corrected chi connectivity index (χ2v) is 4.99. The van der Waals surface area contributed by atoms with Crippen LogP contribution in [0.15, 0.2) is 29.8 Å². The second-order valence-electron chi connectivity index (χ2n) is 4.99. The Morgan fingerprint density at radius 3 is 3.06 bits per heavy atom. The molecule has 0 spiro atoms. The van der Waals surface area contributed by atoms with E-state index < -0.39 is 0 Å². The van der Waals surface area contributed by atoms with Crippen LogP contribution in [0.2, 0.25) is 0 Å². The lowest BCUT2D eigenvalue weighted by Crippen LogP contribution is -2.30. The molecular weight excluding hydrogens is 210 g/mol. The summed E-state index contributed by atoms with van der Waals surface area (Å²) in [6, 6.07) is 6.42. The highest BCUT2D eigenvalue weighted by atomic mass is 16.5. The van der Waals surface area contributed by atoms with E-state index in [1.807, 2.05) is 0 Å². The van der Waals surface area contributed by atoms with E-state index in [1.165, 1.54) is 16.7 Å². The Balaban J connectivity index is 1.82. The molecular formula is C15H21NO. The van der Waals surface area contributed by atoms with Crippen LogP contribution in [-0.4, -0.2) is 19.2 Å². The van der Waals surface area contributed by atoms with Gasteiger partial charge in [-0.15, -0.1) is 0 Å². The SMILES string of the molecule is CC(C)=CCNCC1Cc2cc(C)ccc2O1. The average Bonchev–Trinajstić information content (AvgIpc) is 2.66. The molecule has 1 aliphatic rings. The summed E-state index contributed by atoms with van der Waals surface area (Å²) >= 11 is 0. The van der Waals surface area contributed by atoms with Gasteiger partial charge in [0.1, 0.15) is 11.9 Å². The Labute approximate surface area is 104 Å². The molecule has 2 rings (SSSR count). The molecule has 1 aromatic rings. The maximum Gasteiger partial charge on any atom is 0.123 e. The monoisotopic (exact) mass is 231 g/mol. The van der Waals surface area contributed by atoms with Crippen molar-refractivity contribution in [2.24, 2.45) is 0 Å². The molecule has 1 aromatic carbocycles. The van der Waals surface area contributed by atoms with E-state index >= 15 is 0 Å². The van der Waals surface area contributed by atoms with Crippen LogP contribution in [0.5, 0.6) is 5.75 Å². The van der Waals surface area contributed by atoms with Crippen LogP contribution >= 0.6 is 0 Å². The molecule has 17 heavy (non-hydrogen) atoms. The smallest absolute Gasteiger partial charge is 0.123 e. The second kappa shape index (κ2) is 5.37. The summed E-state index contributed by atoms with van der Waals surface area (Å²) in [4.78, 5) is 0. The van der Waals surface area contributed by atoms with Gasteiger partial charge >= 0.3 is 0 Å². The quantitative estimate of drug-likeness (QED) is 0.635. The Morgan fingerprint density at radius 2 is 2.29 bits per heavy atom. The minimum absolute atomic E-state index is 0.289. The average molecular weight is 231 g/mol. The molecule has 1 unspecified atom stereocenters. The van der Waals surface area contributed by atoms with E-state index in [2.05, 4.69) is 50.4 Å². The highest BCUT2D eigenvalue weighted by molar-refractivity contribution is 5.40. The molecule has 0 aliphatic carbocycles. The summed E-state index contributed by atoms with van der Waals surface area (Å²) < 4.78 is 5.89. The van der Waals surface area contributed by atoms with Gasteiger partial charge in [0.05, 0.1) is 0 Å². The number of fused-ring (bicyclic) bond motifs is 1. The molecule has 0 saturated carbocycles. The highest BCUT2D eigenvalue weighted by Crippen LogP contribution is 2.29. The van der Waals surface area contributed by atoms with Crippen LogP contribution in [-0.2, 0) is 6.42 Å². The van der Waals surface area contributed by atoms with Crippen molar-refractivity contribution in [3.8, 4) is 5.75 Å². The van der Waals surface area contributed by atoms with Crippen molar-refractivity contribution in [3.63, 3.8) is 0 Å². The van der Waals surface area contributed by atoms with Crippen LogP contribution in [0.25, 0.3) is 0 Å². The summed E-state index contributed by atoms with van der Waals surface area (Å²) in [5.74, 6) is 1.06. The number of aryl methyl sites for hydroxylation is 1. The standard InChI is InChI=1S/C15H21NO/c1-11(2)6-7-16-10-14-9-13-8-12(3)4-5-15(13)17-14/h4-6,8,14,16H,7,9-10H2,1-3H3. The lowest BCUT2D eigenvalue weighted by atomic mass is 10.1. The van der Waals surface area contributed by atoms with Crippen molar-refractivity contribution in [1.29, 1.82) is 0 Å². The van der Waals surface area contributed by atoms with E-state index in [0.717, 1.165) is 25.3 Å². The first-order valence-corrected chi connectivity index (χ1v) is 6.25. The number of hydrogen-bond acceptors (Lipinski definition) is 2. The molecule has 92 valence electrons. The van der Waals surface area contributed by atoms with E-state index in [4.69, 9.17) is 4.74 Å². The molecule has 1 aliphatic heterocycles. The summed E-state index contributed by atoms with van der Waals surface area (Å²) in [7, 11) is 0. The van der Waals surface area contributed by atoms with Gasteiger partial charge in [-0.25, -0.2) is 0 Å². The van der Waals surface area contributed by atoms with Crippen molar-refractivity contribution in [2.75, 3.05) is 13.1 Å². The third-order valence-electron chi connectivity index (χ3n) is 2.98. The number of benzene rings is 1. The maximum atomic E-state index is 5.89. The molecule has 2 nitrogen and oxygen atoms in total. The van der Waals surface area contributed by atoms with E-state index in [9.17, 15) is 0 Å². The molecule has 2 heteroatoms. The van der Waals surface area contributed by atoms with E-state index in [-0.39, 0.29) is 6.10 Å². The van der Waals surface area contributed by atoms with Gasteiger partial charge in [0.15, 0.2) is 0 Å². The molecule has 1 heterocycles. The minimum Gasteiger partial charge on any atom is -0.488 e. The molecule has 0 saturated heterocycles. The lowest BCUT2D eigenvalue weighted by molar-refractivity contribution is 0.229. The lowest BCUT2D eigenvalue weighted by Gasteiger charge is -2.10. The van der Waals surface area contributed by atoms with Crippen LogP contribution in [0, 0.1) is 6.92 Å². The maximum absolute atomic E-state index is 5.89. The van der Waals surface area contributed by atoms with Gasteiger partial charge in [-0.2, -0.15) is 0 Å². The molecule has 0 aromatic heterocycles. The van der Waals surface area contributed by atoms with Crippen molar-refractivity contribution < 1.29 is 4.74 Å². The van der Waals surface area contributed by atoms with Gasteiger partial charge in [0.25, 0.3) is 0 Å². The number of nitrogens with one attached hydrogen (secondary N) is 1. The predicted molar refractivity (Wildman–Crippen MR) is 71.6 cm³/mol. The molecule has 0 bridgehead atoms. The van der Waals surface area contributed by atoms with Crippen molar-refractivity contribution >= 4 is 0 Å². The van der Waals surface area contributed by atoms with Crippen molar-refractivity contribution in [2.45, 2.75) is 33.3 Å². The van der Waals surface area contributed by atoms with Crippen LogP contribution in [0.3, 0.4) is 0 Å². The Morgan fingerprint density at radius 1 is 1.47 bits per heavy atom. The fourth-order valence-electron chi connectivity index (χ4n) is 2.08. The van der Waals surface area contributed by atoms with Gasteiger partial charge in [-0.05, 0) is 32.4 Å². The Bertz CT molecular complexity index is 419. The summed E-state index contributed by atoms with van der Waals surface area (Å²) in [6.45, 7) is 8.20. The summed E-state index contributed by atoms with van der Waals surface area (Å²) in [5.41, 5.74) is 4.01. The molecule has 1 atom stereocenters. The molecule has 1 N–H and O–H groups in total. The Hall–Kier alpha value is -1.28. The van der Waals surface area contributed by atoms with Crippen molar-refractivity contribution in [1.82, 2.24) is 5.32 Å².